The van der Waals surface area contributed by atoms with Gasteiger partial charge in [0.15, 0.2) is 11.3 Å². The molecule has 1 aromatic carbocycles. The predicted molar refractivity (Wildman–Crippen MR) is 72.6 cm³/mol. The van der Waals surface area contributed by atoms with E-state index in [9.17, 15) is 4.79 Å². The Bertz CT molecular complexity index is 570. The third kappa shape index (κ3) is 2.97. The summed E-state index contributed by atoms with van der Waals surface area (Å²) in [6.45, 7) is 4.37. The first-order chi connectivity index (χ1) is 9.17. The molecule has 0 aliphatic heterocycles. The zero-order chi connectivity index (χ0) is 13.8. The van der Waals surface area contributed by atoms with Crippen LogP contribution in [0.3, 0.4) is 0 Å². The minimum Gasteiger partial charge on any atom is -0.451 e. The molecule has 1 heterocycles. The average molecular weight is 283 g/mol. The van der Waals surface area contributed by atoms with E-state index < -0.39 is 6.29 Å². The number of hydrogen-bond acceptors (Lipinski definition) is 4. The third-order valence-electron chi connectivity index (χ3n) is 2.59. The summed E-state index contributed by atoms with van der Waals surface area (Å²) >= 11 is 6.01. The standard InChI is InChI=1S/C14H15ClO4/c1-3-17-14(18-4-2)12(16)11-8-9-6-5-7-10(15)13(9)19-11/h5-8,14H,3-4H2,1-2H3. The van der Waals surface area contributed by atoms with Crippen LogP contribution in [0.25, 0.3) is 11.0 Å². The van der Waals surface area contributed by atoms with E-state index in [0.717, 1.165) is 5.39 Å². The highest BCUT2D eigenvalue weighted by atomic mass is 35.5. The number of para-hydroxylation sites is 1. The van der Waals surface area contributed by atoms with Crippen molar-refractivity contribution in [1.29, 1.82) is 0 Å². The molecule has 0 N–H and O–H groups in total. The van der Waals surface area contributed by atoms with E-state index in [1.807, 2.05) is 6.07 Å². The lowest BCUT2D eigenvalue weighted by molar-refractivity contribution is -0.108. The SMILES string of the molecule is CCOC(OCC)C(=O)c1cc2cccc(Cl)c2o1. The average Bonchev–Trinajstić information content (AvgIpc) is 2.83. The number of fused-ring (bicyclic) bond motifs is 1. The summed E-state index contributed by atoms with van der Waals surface area (Å²) < 4.78 is 16.0. The molecular weight excluding hydrogens is 268 g/mol. The Labute approximate surface area is 116 Å². The Balaban J connectivity index is 2.32. The zero-order valence-corrected chi connectivity index (χ0v) is 11.6. The Morgan fingerprint density at radius 3 is 2.58 bits per heavy atom. The number of hydrogen-bond donors (Lipinski definition) is 0. The number of ether oxygens (including phenoxy) is 2. The Hall–Kier alpha value is -1.36. The molecule has 4 nitrogen and oxygen atoms in total. The summed E-state index contributed by atoms with van der Waals surface area (Å²) in [6.07, 6.45) is -0.936. The van der Waals surface area contributed by atoms with E-state index in [1.165, 1.54) is 0 Å². The van der Waals surface area contributed by atoms with Crippen LogP contribution in [0.5, 0.6) is 0 Å². The second-order valence-corrected chi connectivity index (χ2v) is 4.28. The highest BCUT2D eigenvalue weighted by Crippen LogP contribution is 2.27. The molecule has 0 unspecified atom stereocenters. The van der Waals surface area contributed by atoms with E-state index in [0.29, 0.717) is 23.8 Å². The summed E-state index contributed by atoms with van der Waals surface area (Å²) in [5.41, 5.74) is 0.499. The van der Waals surface area contributed by atoms with Gasteiger partial charge in [-0.25, -0.2) is 0 Å². The van der Waals surface area contributed by atoms with Crippen molar-refractivity contribution in [2.45, 2.75) is 20.1 Å². The maximum atomic E-state index is 12.2. The van der Waals surface area contributed by atoms with Gasteiger partial charge in [-0.2, -0.15) is 0 Å². The molecule has 0 aliphatic rings. The van der Waals surface area contributed by atoms with E-state index in [-0.39, 0.29) is 11.5 Å². The molecule has 2 aromatic rings. The van der Waals surface area contributed by atoms with E-state index in [1.54, 1.807) is 32.0 Å². The molecule has 0 spiro atoms. The molecule has 19 heavy (non-hydrogen) atoms. The number of benzene rings is 1. The molecule has 0 saturated carbocycles. The number of Topliss-reactive ketones (excluding diaryl/α,β-unsaturated/α-hetero) is 1. The van der Waals surface area contributed by atoms with Crippen molar-refractivity contribution in [3.63, 3.8) is 0 Å². The van der Waals surface area contributed by atoms with Gasteiger partial charge in [-0.15, -0.1) is 0 Å². The van der Waals surface area contributed by atoms with Crippen molar-refractivity contribution in [2.24, 2.45) is 0 Å². The quantitative estimate of drug-likeness (QED) is 0.599. The number of carbonyl (C=O) groups excluding carboxylic acids is 1. The summed E-state index contributed by atoms with van der Waals surface area (Å²) in [5, 5.41) is 1.25. The topological polar surface area (TPSA) is 48.7 Å². The normalized spacial score (nSPS) is 11.4. The largest absolute Gasteiger partial charge is 0.451 e. The van der Waals surface area contributed by atoms with E-state index in [4.69, 9.17) is 25.5 Å². The monoisotopic (exact) mass is 282 g/mol. The van der Waals surface area contributed by atoms with Crippen LogP contribution in [0.4, 0.5) is 0 Å². The van der Waals surface area contributed by atoms with Crippen molar-refractivity contribution in [1.82, 2.24) is 0 Å². The lowest BCUT2D eigenvalue weighted by Gasteiger charge is -2.13. The fraction of sp³-hybridized carbons (Fsp3) is 0.357. The van der Waals surface area contributed by atoms with Gasteiger partial charge in [0.2, 0.25) is 6.29 Å². The van der Waals surface area contributed by atoms with Crippen LogP contribution >= 0.6 is 11.6 Å². The third-order valence-corrected chi connectivity index (χ3v) is 2.89. The van der Waals surface area contributed by atoms with Crippen LogP contribution in [0.1, 0.15) is 24.4 Å². The van der Waals surface area contributed by atoms with Gasteiger partial charge in [0, 0.05) is 18.6 Å². The minimum atomic E-state index is -0.936. The van der Waals surface area contributed by atoms with Crippen LogP contribution < -0.4 is 0 Å². The lowest BCUT2D eigenvalue weighted by atomic mass is 10.2. The molecule has 0 radical (unpaired) electrons. The molecule has 102 valence electrons. The van der Waals surface area contributed by atoms with E-state index in [2.05, 4.69) is 0 Å². The number of carbonyl (C=O) groups is 1. The Kier molecular flexibility index (Phi) is 4.58. The predicted octanol–water partition coefficient (Wildman–Crippen LogP) is 3.67. The van der Waals surface area contributed by atoms with Crippen molar-refractivity contribution in [3.8, 4) is 0 Å². The number of furan rings is 1. The first kappa shape index (κ1) is 14.1. The maximum Gasteiger partial charge on any atom is 0.253 e. The summed E-state index contributed by atoms with van der Waals surface area (Å²) in [4.78, 5) is 12.2. The van der Waals surface area contributed by atoms with Crippen LogP contribution in [0, 0.1) is 0 Å². The van der Waals surface area contributed by atoms with Gasteiger partial charge in [-0.05, 0) is 26.0 Å². The number of rotatable bonds is 6. The van der Waals surface area contributed by atoms with Gasteiger partial charge >= 0.3 is 0 Å². The molecule has 0 atom stereocenters. The van der Waals surface area contributed by atoms with Gasteiger partial charge in [-0.3, -0.25) is 4.79 Å². The summed E-state index contributed by atoms with van der Waals surface area (Å²) in [6, 6.07) is 6.99. The smallest absolute Gasteiger partial charge is 0.253 e. The van der Waals surface area contributed by atoms with Crippen LogP contribution in [0.2, 0.25) is 5.02 Å². The molecular formula is C14H15ClO4. The molecule has 2 rings (SSSR count). The molecule has 0 saturated heterocycles. The molecule has 0 aliphatic carbocycles. The van der Waals surface area contributed by atoms with Gasteiger partial charge in [0.1, 0.15) is 0 Å². The van der Waals surface area contributed by atoms with Crippen molar-refractivity contribution < 1.29 is 18.7 Å². The minimum absolute atomic E-state index is 0.190. The molecule has 0 bridgehead atoms. The number of ketones is 1. The molecule has 1 aromatic heterocycles. The molecule has 0 amide bonds. The van der Waals surface area contributed by atoms with Gasteiger partial charge in [0.05, 0.1) is 5.02 Å². The number of halogens is 1. The zero-order valence-electron chi connectivity index (χ0n) is 10.8. The van der Waals surface area contributed by atoms with Gasteiger partial charge < -0.3 is 13.9 Å². The van der Waals surface area contributed by atoms with Crippen molar-refractivity contribution >= 4 is 28.4 Å². The van der Waals surface area contributed by atoms with Gasteiger partial charge in [0.25, 0.3) is 5.78 Å². The van der Waals surface area contributed by atoms with E-state index >= 15 is 0 Å². The summed E-state index contributed by atoms with van der Waals surface area (Å²) in [7, 11) is 0. The second kappa shape index (κ2) is 6.19. The Morgan fingerprint density at radius 1 is 1.32 bits per heavy atom. The van der Waals surface area contributed by atoms with Crippen molar-refractivity contribution in [2.75, 3.05) is 13.2 Å². The maximum absolute atomic E-state index is 12.2. The molecule has 5 heteroatoms. The fourth-order valence-electron chi connectivity index (χ4n) is 1.77. The van der Waals surface area contributed by atoms with Crippen molar-refractivity contribution in [3.05, 3.63) is 35.0 Å². The molecule has 0 fully saturated rings. The summed E-state index contributed by atoms with van der Waals surface area (Å²) in [5.74, 6) is -0.147. The van der Waals surface area contributed by atoms with Crippen LogP contribution in [0.15, 0.2) is 28.7 Å². The van der Waals surface area contributed by atoms with Crippen LogP contribution in [-0.2, 0) is 9.47 Å². The lowest BCUT2D eigenvalue weighted by Crippen LogP contribution is -2.27. The van der Waals surface area contributed by atoms with Crippen LogP contribution in [-0.4, -0.2) is 25.3 Å². The van der Waals surface area contributed by atoms with Gasteiger partial charge in [-0.1, -0.05) is 23.7 Å². The second-order valence-electron chi connectivity index (χ2n) is 3.88. The fourth-order valence-corrected chi connectivity index (χ4v) is 1.99. The first-order valence-corrected chi connectivity index (χ1v) is 6.50. The first-order valence-electron chi connectivity index (χ1n) is 6.12. The highest BCUT2D eigenvalue weighted by Gasteiger charge is 2.24. The highest BCUT2D eigenvalue weighted by molar-refractivity contribution is 6.34. The Morgan fingerprint density at radius 2 is 2.00 bits per heavy atom.